The second-order valence-electron chi connectivity index (χ2n) is 3.79. The standard InChI is InChI=1S/C9H16/c1-2-3-9-7-4-5-8(9)6-7/h7-9H,2-6H2,1H3/t7-,8?,9?/m0/s1. The lowest BCUT2D eigenvalue weighted by atomic mass is 9.70. The van der Waals surface area contributed by atoms with Crippen LogP contribution in [0.3, 0.4) is 0 Å². The molecule has 0 N–H and O–H groups in total. The molecule has 9 heavy (non-hydrogen) atoms. The first-order chi connectivity index (χ1) is 4.42. The van der Waals surface area contributed by atoms with E-state index >= 15 is 0 Å². The fourth-order valence-corrected chi connectivity index (χ4v) is 2.82. The second-order valence-corrected chi connectivity index (χ2v) is 3.79. The number of fused-ring (bicyclic) bond motifs is 1. The van der Waals surface area contributed by atoms with Crippen molar-refractivity contribution in [1.29, 1.82) is 0 Å². The minimum absolute atomic E-state index is 1.18. The highest BCUT2D eigenvalue weighted by Gasteiger charge is 2.45. The highest BCUT2D eigenvalue weighted by molar-refractivity contribution is 4.95. The molecule has 0 amide bonds. The van der Waals surface area contributed by atoms with Crippen LogP contribution in [0.5, 0.6) is 0 Å². The molecule has 0 aromatic carbocycles. The first-order valence-corrected chi connectivity index (χ1v) is 4.42. The molecule has 3 rings (SSSR count). The third-order valence-electron chi connectivity index (χ3n) is 3.35. The zero-order valence-electron chi connectivity index (χ0n) is 6.27. The van der Waals surface area contributed by atoms with Gasteiger partial charge in [0, 0.05) is 0 Å². The molecule has 3 saturated carbocycles. The van der Waals surface area contributed by atoms with Crippen molar-refractivity contribution in [3.8, 4) is 0 Å². The number of hydrogen-bond donors (Lipinski definition) is 0. The third kappa shape index (κ3) is 0.720. The second kappa shape index (κ2) is 2.00. The number of hydrogen-bond acceptors (Lipinski definition) is 0. The van der Waals surface area contributed by atoms with Gasteiger partial charge in [-0.05, 0) is 37.0 Å². The van der Waals surface area contributed by atoms with Gasteiger partial charge in [-0.1, -0.05) is 19.8 Å². The van der Waals surface area contributed by atoms with Crippen LogP contribution in [-0.2, 0) is 0 Å². The summed E-state index contributed by atoms with van der Waals surface area (Å²) in [7, 11) is 0. The van der Waals surface area contributed by atoms with Crippen LogP contribution in [0.25, 0.3) is 0 Å². The largest absolute Gasteiger partial charge is 0.0654 e. The summed E-state index contributed by atoms with van der Waals surface area (Å²) in [5.74, 6) is 3.53. The van der Waals surface area contributed by atoms with E-state index in [4.69, 9.17) is 0 Å². The Morgan fingerprint density at radius 3 is 2.33 bits per heavy atom. The minimum atomic E-state index is 1.18. The molecule has 0 heteroatoms. The first kappa shape index (κ1) is 5.76. The Morgan fingerprint density at radius 1 is 1.22 bits per heavy atom. The van der Waals surface area contributed by atoms with Crippen molar-refractivity contribution in [2.24, 2.45) is 17.8 Å². The summed E-state index contributed by atoms with van der Waals surface area (Å²) in [4.78, 5) is 0. The van der Waals surface area contributed by atoms with Crippen LogP contribution in [0.4, 0.5) is 0 Å². The van der Waals surface area contributed by atoms with Gasteiger partial charge in [-0.3, -0.25) is 0 Å². The summed E-state index contributed by atoms with van der Waals surface area (Å²) in [6, 6.07) is 0. The molecule has 3 aliphatic carbocycles. The number of rotatable bonds is 2. The van der Waals surface area contributed by atoms with Gasteiger partial charge in [0.2, 0.25) is 0 Å². The molecule has 0 aromatic heterocycles. The van der Waals surface area contributed by atoms with E-state index < -0.39 is 0 Å². The summed E-state index contributed by atoms with van der Waals surface area (Å²) < 4.78 is 0. The predicted octanol–water partition coefficient (Wildman–Crippen LogP) is 2.83. The monoisotopic (exact) mass is 124 g/mol. The molecule has 3 atom stereocenters. The van der Waals surface area contributed by atoms with Gasteiger partial charge < -0.3 is 0 Å². The Labute approximate surface area is 57.6 Å². The van der Waals surface area contributed by atoms with Crippen LogP contribution < -0.4 is 0 Å². The first-order valence-electron chi connectivity index (χ1n) is 4.42. The molecule has 2 unspecified atom stereocenters. The van der Waals surface area contributed by atoms with Gasteiger partial charge in [0.25, 0.3) is 0 Å². The van der Waals surface area contributed by atoms with Crippen molar-refractivity contribution in [2.75, 3.05) is 0 Å². The lowest BCUT2D eigenvalue weighted by Gasteiger charge is -2.35. The van der Waals surface area contributed by atoms with Gasteiger partial charge in [-0.2, -0.15) is 0 Å². The molecule has 0 nitrogen and oxygen atoms in total. The van der Waals surface area contributed by atoms with Gasteiger partial charge in [0.1, 0.15) is 0 Å². The maximum Gasteiger partial charge on any atom is -0.0357 e. The SMILES string of the molecule is CCCC1C2CC[C@H]1C2. The maximum atomic E-state index is 2.32. The van der Waals surface area contributed by atoms with Crippen LogP contribution in [0.1, 0.15) is 39.0 Å². The summed E-state index contributed by atoms with van der Waals surface area (Å²) in [5, 5.41) is 0. The Bertz CT molecular complexity index is 92.6. The van der Waals surface area contributed by atoms with Crippen molar-refractivity contribution in [1.82, 2.24) is 0 Å². The molecule has 0 heterocycles. The molecule has 0 spiro atoms. The molecule has 0 radical (unpaired) electrons. The van der Waals surface area contributed by atoms with E-state index in [-0.39, 0.29) is 0 Å². The molecule has 0 aromatic rings. The van der Waals surface area contributed by atoms with E-state index in [2.05, 4.69) is 6.92 Å². The Morgan fingerprint density at radius 2 is 1.89 bits per heavy atom. The lowest BCUT2D eigenvalue weighted by Crippen LogP contribution is -2.27. The Balaban J connectivity index is 1.88. The third-order valence-corrected chi connectivity index (χ3v) is 3.35. The van der Waals surface area contributed by atoms with Gasteiger partial charge in [-0.25, -0.2) is 0 Å². The summed E-state index contributed by atoms with van der Waals surface area (Å²) >= 11 is 0. The van der Waals surface area contributed by atoms with Crippen LogP contribution >= 0.6 is 0 Å². The van der Waals surface area contributed by atoms with E-state index in [1.54, 1.807) is 19.3 Å². The average molecular weight is 124 g/mol. The Hall–Kier alpha value is 0. The van der Waals surface area contributed by atoms with Crippen LogP contribution in [0.2, 0.25) is 0 Å². The topological polar surface area (TPSA) is 0 Å². The molecular formula is C9H16. The lowest BCUT2D eigenvalue weighted by molar-refractivity contribution is 0.145. The highest BCUT2D eigenvalue weighted by atomic mass is 14.5. The van der Waals surface area contributed by atoms with E-state index in [0.29, 0.717) is 0 Å². The fraction of sp³-hybridized carbons (Fsp3) is 1.00. The van der Waals surface area contributed by atoms with Gasteiger partial charge in [-0.15, -0.1) is 0 Å². The Kier molecular flexibility index (Phi) is 1.28. The summed E-state index contributed by atoms with van der Waals surface area (Å²) in [5.41, 5.74) is 0. The van der Waals surface area contributed by atoms with Crippen LogP contribution in [0.15, 0.2) is 0 Å². The molecule has 52 valence electrons. The predicted molar refractivity (Wildman–Crippen MR) is 39.2 cm³/mol. The van der Waals surface area contributed by atoms with E-state index in [0.717, 1.165) is 0 Å². The molecule has 0 aliphatic heterocycles. The highest BCUT2D eigenvalue weighted by Crippen LogP contribution is 2.55. The molecule has 3 aliphatic rings. The van der Waals surface area contributed by atoms with E-state index in [1.807, 2.05) is 0 Å². The molecular weight excluding hydrogens is 108 g/mol. The summed E-state index contributed by atoms with van der Waals surface area (Å²) in [6.07, 6.45) is 7.66. The van der Waals surface area contributed by atoms with Crippen LogP contribution in [-0.4, -0.2) is 0 Å². The fourth-order valence-electron chi connectivity index (χ4n) is 2.82. The van der Waals surface area contributed by atoms with Crippen molar-refractivity contribution >= 4 is 0 Å². The van der Waals surface area contributed by atoms with Crippen molar-refractivity contribution in [2.45, 2.75) is 39.0 Å². The minimum Gasteiger partial charge on any atom is -0.0654 e. The van der Waals surface area contributed by atoms with Gasteiger partial charge >= 0.3 is 0 Å². The summed E-state index contributed by atoms with van der Waals surface area (Å²) in [6.45, 7) is 2.32. The van der Waals surface area contributed by atoms with Crippen molar-refractivity contribution < 1.29 is 0 Å². The molecule has 3 fully saturated rings. The van der Waals surface area contributed by atoms with Crippen molar-refractivity contribution in [3.63, 3.8) is 0 Å². The maximum absolute atomic E-state index is 2.32. The van der Waals surface area contributed by atoms with Gasteiger partial charge in [0.05, 0.1) is 0 Å². The molecule has 0 saturated heterocycles. The normalized spacial score (nSPS) is 47.0. The zero-order valence-corrected chi connectivity index (χ0v) is 6.27. The zero-order chi connectivity index (χ0) is 6.27. The van der Waals surface area contributed by atoms with Crippen LogP contribution in [0, 0.1) is 17.8 Å². The van der Waals surface area contributed by atoms with E-state index in [9.17, 15) is 0 Å². The quantitative estimate of drug-likeness (QED) is 0.531. The smallest absolute Gasteiger partial charge is 0.0357 e. The van der Waals surface area contributed by atoms with Crippen molar-refractivity contribution in [3.05, 3.63) is 0 Å². The average Bonchev–Trinajstić information content (AvgIpc) is 2.39. The van der Waals surface area contributed by atoms with Gasteiger partial charge in [0.15, 0.2) is 0 Å². The van der Waals surface area contributed by atoms with E-state index in [1.165, 1.54) is 30.6 Å². The molecule has 2 bridgehead atoms.